The van der Waals surface area contributed by atoms with Crippen LogP contribution in [0.4, 0.5) is 0 Å². The Labute approximate surface area is 255 Å². The van der Waals surface area contributed by atoms with Gasteiger partial charge in [-0.3, -0.25) is 0 Å². The van der Waals surface area contributed by atoms with Crippen molar-refractivity contribution < 1.29 is 34.6 Å². The molecule has 0 amide bonds. The highest BCUT2D eigenvalue weighted by atomic mass is 16.7. The normalized spacial score (nSPS) is 29.2. The summed E-state index contributed by atoms with van der Waals surface area (Å²) in [4.78, 5) is 0. The van der Waals surface area contributed by atoms with Crippen LogP contribution in [-0.4, -0.2) is 63.3 Å². The number of aliphatic hydroxyl groups excluding tert-OH is 4. The molecule has 0 aromatic heterocycles. The van der Waals surface area contributed by atoms with Gasteiger partial charge < -0.3 is 34.6 Å². The predicted molar refractivity (Wildman–Crippen MR) is 167 cm³/mol. The topological polar surface area (TPSA) is 109 Å². The van der Waals surface area contributed by atoms with Crippen LogP contribution in [0.25, 0.3) is 0 Å². The van der Waals surface area contributed by atoms with Crippen molar-refractivity contribution in [1.29, 1.82) is 0 Å². The summed E-state index contributed by atoms with van der Waals surface area (Å²) in [5, 5.41) is 40.4. The Kier molecular flexibility index (Phi) is 13.0. The van der Waals surface area contributed by atoms with Gasteiger partial charge in [0.15, 0.2) is 0 Å². The van der Waals surface area contributed by atoms with Gasteiger partial charge in [-0.1, -0.05) is 72.6 Å². The largest absolute Gasteiger partial charge is 0.487 e. The summed E-state index contributed by atoms with van der Waals surface area (Å²) < 4.78 is 18.5. The van der Waals surface area contributed by atoms with Crippen molar-refractivity contribution in [3.8, 4) is 11.5 Å². The molecule has 242 valence electrons. The molecule has 0 saturated carbocycles. The van der Waals surface area contributed by atoms with Crippen molar-refractivity contribution in [1.82, 2.24) is 0 Å². The van der Waals surface area contributed by atoms with E-state index in [0.717, 1.165) is 71.4 Å². The Bertz CT molecular complexity index is 992. The Morgan fingerprint density at radius 3 is 2.00 bits per heavy atom. The summed E-state index contributed by atoms with van der Waals surface area (Å²) in [7, 11) is 0. The van der Waals surface area contributed by atoms with E-state index in [-0.39, 0.29) is 5.60 Å². The number of hydrogen-bond acceptors (Lipinski definition) is 7. The molecule has 7 nitrogen and oxygen atoms in total. The van der Waals surface area contributed by atoms with E-state index < -0.39 is 37.3 Å². The zero-order valence-corrected chi connectivity index (χ0v) is 27.6. The van der Waals surface area contributed by atoms with Gasteiger partial charge in [0.25, 0.3) is 0 Å². The summed E-state index contributed by atoms with van der Waals surface area (Å²) in [5.74, 6) is 3.91. The van der Waals surface area contributed by atoms with E-state index in [4.69, 9.17) is 14.2 Å². The Morgan fingerprint density at radius 2 is 1.40 bits per heavy atom. The zero-order chi connectivity index (χ0) is 31.2. The molecular weight excluding hydrogens is 532 g/mol. The molecule has 7 heteroatoms. The zero-order valence-electron chi connectivity index (χ0n) is 27.6. The van der Waals surface area contributed by atoms with Crippen LogP contribution in [0.2, 0.25) is 0 Å². The number of aliphatic hydroxyl groups is 4. The molecule has 1 aromatic carbocycles. The van der Waals surface area contributed by atoms with Gasteiger partial charge in [-0.25, -0.2) is 0 Å². The molecule has 1 fully saturated rings. The lowest BCUT2D eigenvalue weighted by Gasteiger charge is -2.41. The minimum Gasteiger partial charge on any atom is -0.487 e. The van der Waals surface area contributed by atoms with E-state index in [2.05, 4.69) is 34.6 Å². The lowest BCUT2D eigenvalue weighted by Crippen LogP contribution is -2.60. The van der Waals surface area contributed by atoms with E-state index in [1.54, 1.807) is 0 Å². The molecule has 3 rings (SSSR count). The monoisotopic (exact) mass is 592 g/mol. The van der Waals surface area contributed by atoms with Crippen molar-refractivity contribution in [2.24, 2.45) is 17.8 Å². The van der Waals surface area contributed by atoms with Gasteiger partial charge in [-0.05, 0) is 87.8 Å². The molecule has 8 atom stereocenters. The maximum Gasteiger partial charge on any atom is 0.229 e. The van der Waals surface area contributed by atoms with Gasteiger partial charge in [0, 0.05) is 5.56 Å². The van der Waals surface area contributed by atoms with E-state index in [9.17, 15) is 20.4 Å². The van der Waals surface area contributed by atoms with Crippen LogP contribution in [0.5, 0.6) is 11.5 Å². The van der Waals surface area contributed by atoms with Crippen molar-refractivity contribution in [2.75, 3.05) is 6.61 Å². The maximum absolute atomic E-state index is 10.5. The molecule has 0 aliphatic carbocycles. The van der Waals surface area contributed by atoms with Crippen LogP contribution in [-0.2, 0) is 11.2 Å². The highest BCUT2D eigenvalue weighted by molar-refractivity contribution is 5.59. The third-order valence-corrected chi connectivity index (χ3v) is 9.92. The predicted octanol–water partition coefficient (Wildman–Crippen LogP) is 6.31. The average molecular weight is 593 g/mol. The van der Waals surface area contributed by atoms with E-state index in [1.165, 1.54) is 44.9 Å². The fraction of sp³-hybridized carbons (Fsp3) is 0.829. The van der Waals surface area contributed by atoms with Gasteiger partial charge in [0.1, 0.15) is 41.5 Å². The fourth-order valence-corrected chi connectivity index (χ4v) is 6.72. The standard InChI is InChI=1S/C35H60O7/c1-21(2)12-9-13-22(3)14-10-15-23(4)16-11-18-35(8)19-17-27-26(7)32(24(5)25(6)33(27)42-35)41-34-31(39)30(38)29(37)28(20-36)40-34/h21-23,28-31,34,36-39H,9-20H2,1-8H3/t22-,23-,28-,29-,30+,31+,34+,35-/m1/s1. The smallest absolute Gasteiger partial charge is 0.229 e. The minimum atomic E-state index is -1.48. The summed E-state index contributed by atoms with van der Waals surface area (Å²) in [6.07, 6.45) is 6.72. The molecule has 1 saturated heterocycles. The molecule has 2 heterocycles. The highest BCUT2D eigenvalue weighted by Gasteiger charge is 2.45. The van der Waals surface area contributed by atoms with Gasteiger partial charge in [-0.2, -0.15) is 0 Å². The molecule has 2 aliphatic heterocycles. The molecule has 2 aliphatic rings. The summed E-state index contributed by atoms with van der Waals surface area (Å²) >= 11 is 0. The molecule has 0 radical (unpaired) electrons. The van der Waals surface area contributed by atoms with Gasteiger partial charge in [0.2, 0.25) is 6.29 Å². The van der Waals surface area contributed by atoms with E-state index >= 15 is 0 Å². The van der Waals surface area contributed by atoms with Crippen LogP contribution < -0.4 is 9.47 Å². The van der Waals surface area contributed by atoms with Gasteiger partial charge in [-0.15, -0.1) is 0 Å². The highest BCUT2D eigenvalue weighted by Crippen LogP contribution is 2.45. The summed E-state index contributed by atoms with van der Waals surface area (Å²) in [5.41, 5.74) is 3.71. The van der Waals surface area contributed by atoms with E-state index in [0.29, 0.717) is 5.75 Å². The Hall–Kier alpha value is -1.38. The maximum atomic E-state index is 10.5. The Morgan fingerprint density at radius 1 is 0.810 bits per heavy atom. The molecule has 0 bridgehead atoms. The second-order valence-electron chi connectivity index (χ2n) is 14.2. The third kappa shape index (κ3) is 8.84. The lowest BCUT2D eigenvalue weighted by molar-refractivity contribution is -0.277. The summed E-state index contributed by atoms with van der Waals surface area (Å²) in [6.45, 7) is 17.2. The quantitative estimate of drug-likeness (QED) is 0.189. The van der Waals surface area contributed by atoms with Gasteiger partial charge in [0.05, 0.1) is 6.61 Å². The number of hydrogen-bond donors (Lipinski definition) is 4. The second-order valence-corrected chi connectivity index (χ2v) is 14.2. The SMILES string of the molecule is Cc1c(C)c2c(c(C)c1O[C@@H]1O[C@H](CO)[C@@H](O)[C@H](O)[C@@H]1O)CC[C@@](C)(CCC[C@H](C)CCC[C@H](C)CCCC(C)C)O2. The minimum absolute atomic E-state index is 0.207. The first kappa shape index (κ1) is 35.1. The average Bonchev–Trinajstić information content (AvgIpc) is 2.93. The summed E-state index contributed by atoms with van der Waals surface area (Å²) in [6, 6.07) is 0. The number of benzene rings is 1. The number of fused-ring (bicyclic) bond motifs is 1. The first-order chi connectivity index (χ1) is 19.8. The molecule has 42 heavy (non-hydrogen) atoms. The first-order valence-electron chi connectivity index (χ1n) is 16.6. The van der Waals surface area contributed by atoms with Crippen LogP contribution in [0.15, 0.2) is 0 Å². The van der Waals surface area contributed by atoms with Crippen molar-refractivity contribution in [3.63, 3.8) is 0 Å². The molecule has 4 N–H and O–H groups in total. The van der Waals surface area contributed by atoms with E-state index in [1.807, 2.05) is 20.8 Å². The van der Waals surface area contributed by atoms with Crippen LogP contribution in [0.1, 0.15) is 121 Å². The third-order valence-electron chi connectivity index (χ3n) is 9.92. The molecule has 0 unspecified atom stereocenters. The molecule has 0 spiro atoms. The molecular formula is C35H60O7. The molecule has 1 aromatic rings. The Balaban J connectivity index is 1.55. The first-order valence-corrected chi connectivity index (χ1v) is 16.6. The van der Waals surface area contributed by atoms with Crippen molar-refractivity contribution >= 4 is 0 Å². The second kappa shape index (κ2) is 15.6. The number of ether oxygens (including phenoxy) is 3. The van der Waals surface area contributed by atoms with Gasteiger partial charge >= 0.3 is 0 Å². The number of rotatable bonds is 15. The van der Waals surface area contributed by atoms with Crippen LogP contribution in [0, 0.1) is 38.5 Å². The van der Waals surface area contributed by atoms with Crippen LogP contribution in [0.3, 0.4) is 0 Å². The van der Waals surface area contributed by atoms with Crippen LogP contribution >= 0.6 is 0 Å². The van der Waals surface area contributed by atoms with Crippen molar-refractivity contribution in [2.45, 2.75) is 162 Å². The lowest BCUT2D eigenvalue weighted by atomic mass is 9.83. The fourth-order valence-electron chi connectivity index (χ4n) is 6.72. The van der Waals surface area contributed by atoms with Crippen molar-refractivity contribution in [3.05, 3.63) is 22.3 Å².